The van der Waals surface area contributed by atoms with E-state index in [1.54, 1.807) is 0 Å². The number of benzene rings is 2. The van der Waals surface area contributed by atoms with E-state index in [0.29, 0.717) is 0 Å². The van der Waals surface area contributed by atoms with E-state index in [1.165, 1.54) is 19.3 Å². The van der Waals surface area contributed by atoms with Gasteiger partial charge in [-0.25, -0.2) is 9.98 Å². The molecular formula is C20H24N2Ni. The van der Waals surface area contributed by atoms with Crippen LogP contribution in [0, 0.1) is 0 Å². The van der Waals surface area contributed by atoms with E-state index in [2.05, 4.69) is 24.0 Å². The van der Waals surface area contributed by atoms with Gasteiger partial charge in [0.05, 0.1) is 5.69 Å². The van der Waals surface area contributed by atoms with Gasteiger partial charge in [-0.3, -0.25) is 0 Å². The Bertz CT molecular complexity index is 592. The van der Waals surface area contributed by atoms with Crippen molar-refractivity contribution in [3.05, 3.63) is 66.2 Å². The third-order valence-electron chi connectivity index (χ3n) is 3.43. The minimum absolute atomic E-state index is 0. The van der Waals surface area contributed by atoms with Crippen LogP contribution in [0.5, 0.6) is 0 Å². The van der Waals surface area contributed by atoms with Crippen LogP contribution in [0.25, 0.3) is 0 Å². The van der Waals surface area contributed by atoms with Crippen molar-refractivity contribution in [2.24, 2.45) is 9.98 Å². The van der Waals surface area contributed by atoms with Gasteiger partial charge < -0.3 is 0 Å². The van der Waals surface area contributed by atoms with E-state index in [0.717, 1.165) is 29.9 Å². The van der Waals surface area contributed by atoms with Gasteiger partial charge in [0.1, 0.15) is 5.84 Å². The SMILES string of the molecule is CCCCCCC(/N=C/c1ccccc1)=N\c1ccccc1.[Ni]. The minimum Gasteiger partial charge on any atom is -0.241 e. The standard InChI is InChI=1S/C20H24N2.Ni/c1-2-3-4-11-16-20(22-19-14-9-6-10-15-19)21-17-18-12-7-5-8-13-18;/h5-10,12-15,17H,2-4,11,16H2,1H3;/b21-17+,22-20+;. The van der Waals surface area contributed by atoms with Crippen LogP contribution in [-0.4, -0.2) is 12.1 Å². The first-order valence-electron chi connectivity index (χ1n) is 8.10. The average molecular weight is 351 g/mol. The second-order valence-corrected chi connectivity index (χ2v) is 5.34. The average Bonchev–Trinajstić information content (AvgIpc) is 2.58. The molecule has 0 aromatic heterocycles. The Balaban J connectivity index is 0.00000264. The number of rotatable bonds is 7. The predicted octanol–water partition coefficient (Wildman–Crippen LogP) is 5.80. The number of hydrogen-bond donors (Lipinski definition) is 0. The summed E-state index contributed by atoms with van der Waals surface area (Å²) in [6.45, 7) is 2.23. The maximum Gasteiger partial charge on any atom is 0.128 e. The maximum absolute atomic E-state index is 4.69. The van der Waals surface area contributed by atoms with Crippen LogP contribution in [0.1, 0.15) is 44.6 Å². The summed E-state index contributed by atoms with van der Waals surface area (Å²) in [5.74, 6) is 0.908. The van der Waals surface area contributed by atoms with E-state index < -0.39 is 0 Å². The van der Waals surface area contributed by atoms with Gasteiger partial charge in [-0.15, -0.1) is 0 Å². The molecule has 0 amide bonds. The second-order valence-electron chi connectivity index (χ2n) is 5.34. The Hall–Kier alpha value is -1.73. The molecule has 3 heteroatoms. The predicted molar refractivity (Wildman–Crippen MR) is 96.3 cm³/mol. The molecule has 0 fully saturated rings. The zero-order valence-corrected chi connectivity index (χ0v) is 14.6. The van der Waals surface area contributed by atoms with Crippen molar-refractivity contribution in [3.8, 4) is 0 Å². The Morgan fingerprint density at radius 2 is 1.52 bits per heavy atom. The molecule has 0 spiro atoms. The molecule has 0 unspecified atom stereocenters. The zero-order valence-electron chi connectivity index (χ0n) is 13.6. The van der Waals surface area contributed by atoms with Gasteiger partial charge in [-0.05, 0) is 24.1 Å². The molecule has 2 aromatic rings. The number of amidine groups is 1. The Morgan fingerprint density at radius 3 is 2.17 bits per heavy atom. The van der Waals surface area contributed by atoms with Crippen molar-refractivity contribution in [3.63, 3.8) is 0 Å². The van der Waals surface area contributed by atoms with Gasteiger partial charge in [0.25, 0.3) is 0 Å². The monoisotopic (exact) mass is 350 g/mol. The van der Waals surface area contributed by atoms with E-state index >= 15 is 0 Å². The molecule has 124 valence electrons. The molecule has 23 heavy (non-hydrogen) atoms. The topological polar surface area (TPSA) is 24.7 Å². The maximum atomic E-state index is 4.69. The smallest absolute Gasteiger partial charge is 0.128 e. The van der Waals surface area contributed by atoms with Crippen molar-refractivity contribution in [1.29, 1.82) is 0 Å². The van der Waals surface area contributed by atoms with Crippen LogP contribution >= 0.6 is 0 Å². The van der Waals surface area contributed by atoms with Crippen molar-refractivity contribution in [1.82, 2.24) is 0 Å². The molecule has 0 saturated heterocycles. The van der Waals surface area contributed by atoms with Gasteiger partial charge in [-0.1, -0.05) is 74.7 Å². The van der Waals surface area contributed by atoms with E-state index in [9.17, 15) is 0 Å². The van der Waals surface area contributed by atoms with Gasteiger partial charge in [-0.2, -0.15) is 0 Å². The van der Waals surface area contributed by atoms with Crippen LogP contribution in [0.15, 0.2) is 70.6 Å². The second kappa shape index (κ2) is 11.8. The zero-order chi connectivity index (χ0) is 15.5. The fourth-order valence-corrected chi connectivity index (χ4v) is 2.20. The van der Waals surface area contributed by atoms with Crippen molar-refractivity contribution < 1.29 is 16.5 Å². The molecule has 0 bridgehead atoms. The molecule has 2 nitrogen and oxygen atoms in total. The quantitative estimate of drug-likeness (QED) is 0.261. The summed E-state index contributed by atoms with van der Waals surface area (Å²) in [5.41, 5.74) is 2.08. The van der Waals surface area contributed by atoms with E-state index in [-0.39, 0.29) is 16.5 Å². The normalized spacial score (nSPS) is 11.4. The first-order valence-corrected chi connectivity index (χ1v) is 8.10. The van der Waals surface area contributed by atoms with E-state index in [4.69, 9.17) is 4.99 Å². The van der Waals surface area contributed by atoms with Crippen LogP contribution in [0.3, 0.4) is 0 Å². The Morgan fingerprint density at radius 1 is 0.870 bits per heavy atom. The van der Waals surface area contributed by atoms with Crippen molar-refractivity contribution in [2.75, 3.05) is 0 Å². The van der Waals surface area contributed by atoms with Crippen LogP contribution < -0.4 is 0 Å². The Kier molecular flexibility index (Phi) is 9.90. The number of nitrogens with zero attached hydrogens (tertiary/aromatic N) is 2. The molecule has 0 radical (unpaired) electrons. The molecule has 0 aliphatic rings. The van der Waals surface area contributed by atoms with Crippen molar-refractivity contribution in [2.45, 2.75) is 39.0 Å². The summed E-state index contributed by atoms with van der Waals surface area (Å²) in [7, 11) is 0. The molecule has 0 aliphatic heterocycles. The fourth-order valence-electron chi connectivity index (χ4n) is 2.20. The molecule has 2 rings (SSSR count). The fraction of sp³-hybridized carbons (Fsp3) is 0.300. The van der Waals surface area contributed by atoms with Gasteiger partial charge in [0.2, 0.25) is 0 Å². The van der Waals surface area contributed by atoms with Gasteiger partial charge in [0.15, 0.2) is 0 Å². The molecule has 0 heterocycles. The summed E-state index contributed by atoms with van der Waals surface area (Å²) < 4.78 is 0. The Labute approximate surface area is 149 Å². The van der Waals surface area contributed by atoms with Crippen LogP contribution in [0.2, 0.25) is 0 Å². The molecule has 0 aliphatic carbocycles. The molecule has 0 atom stereocenters. The minimum atomic E-state index is 0. The number of hydrogen-bond acceptors (Lipinski definition) is 1. The molecular weight excluding hydrogens is 327 g/mol. The van der Waals surface area contributed by atoms with Gasteiger partial charge >= 0.3 is 0 Å². The summed E-state index contributed by atoms with van der Waals surface area (Å²) in [6.07, 6.45) is 7.75. The molecule has 0 N–H and O–H groups in total. The molecule has 0 saturated carbocycles. The first kappa shape index (κ1) is 19.3. The summed E-state index contributed by atoms with van der Waals surface area (Å²) >= 11 is 0. The van der Waals surface area contributed by atoms with Gasteiger partial charge in [0, 0.05) is 29.1 Å². The summed E-state index contributed by atoms with van der Waals surface area (Å²) in [6, 6.07) is 20.2. The van der Waals surface area contributed by atoms with Crippen LogP contribution in [0.4, 0.5) is 5.69 Å². The van der Waals surface area contributed by atoms with Crippen LogP contribution in [-0.2, 0) is 16.5 Å². The van der Waals surface area contributed by atoms with E-state index in [1.807, 2.05) is 54.7 Å². The largest absolute Gasteiger partial charge is 0.241 e. The van der Waals surface area contributed by atoms with Crippen molar-refractivity contribution >= 4 is 17.7 Å². The third-order valence-corrected chi connectivity index (χ3v) is 3.43. The summed E-state index contributed by atoms with van der Waals surface area (Å²) in [4.78, 5) is 9.30. The molecule has 2 aromatic carbocycles. The summed E-state index contributed by atoms with van der Waals surface area (Å²) in [5, 5.41) is 0. The number of unbranched alkanes of at least 4 members (excludes halogenated alkanes) is 3. The number of aliphatic imine (C=N–C) groups is 2. The third kappa shape index (κ3) is 7.90. The number of para-hydroxylation sites is 1. The first-order chi connectivity index (χ1) is 10.9.